The predicted octanol–water partition coefficient (Wildman–Crippen LogP) is 5.69. The summed E-state index contributed by atoms with van der Waals surface area (Å²) >= 11 is 6.24. The van der Waals surface area contributed by atoms with Crippen LogP contribution in [0.3, 0.4) is 0 Å². The third-order valence-electron chi connectivity index (χ3n) is 3.79. The molecule has 0 radical (unpaired) electrons. The number of nitrogens with one attached hydrogen (secondary N) is 1. The number of rotatable bonds is 4. The van der Waals surface area contributed by atoms with Crippen LogP contribution in [0, 0.1) is 0 Å². The van der Waals surface area contributed by atoms with Crippen molar-refractivity contribution in [1.82, 2.24) is 9.97 Å². The van der Waals surface area contributed by atoms with Gasteiger partial charge in [0.1, 0.15) is 16.5 Å². The number of halogens is 1. The summed E-state index contributed by atoms with van der Waals surface area (Å²) in [6, 6.07) is 19.8. The molecular weight excluding hydrogens is 378 g/mol. The zero-order chi connectivity index (χ0) is 19.3. The number of nitrogens with zero attached hydrogens (tertiary/aromatic N) is 2. The predicted molar refractivity (Wildman–Crippen MR) is 107 cm³/mol. The maximum atomic E-state index is 11.9. The van der Waals surface area contributed by atoms with Crippen molar-refractivity contribution in [3.05, 3.63) is 84.1 Å². The van der Waals surface area contributed by atoms with Crippen LogP contribution in [0.25, 0.3) is 10.9 Å². The first-order chi connectivity index (χ1) is 13.7. The van der Waals surface area contributed by atoms with E-state index in [4.69, 9.17) is 21.1 Å². The molecule has 4 rings (SSSR count). The van der Waals surface area contributed by atoms with Gasteiger partial charge in [0.2, 0.25) is 5.88 Å². The second-order valence-electron chi connectivity index (χ2n) is 5.80. The van der Waals surface area contributed by atoms with Crippen LogP contribution < -0.4 is 14.8 Å². The van der Waals surface area contributed by atoms with Crippen molar-refractivity contribution in [1.29, 1.82) is 0 Å². The highest BCUT2D eigenvalue weighted by molar-refractivity contribution is 6.32. The number of ether oxygens (including phenoxy) is 2. The maximum Gasteiger partial charge on any atom is 0.417 e. The zero-order valence-corrected chi connectivity index (χ0v) is 15.3. The topological polar surface area (TPSA) is 73.3 Å². The van der Waals surface area contributed by atoms with Crippen LogP contribution in [-0.2, 0) is 0 Å². The highest BCUT2D eigenvalue weighted by atomic mass is 35.5. The minimum atomic E-state index is -0.642. The molecule has 2 heterocycles. The van der Waals surface area contributed by atoms with Crippen LogP contribution in [0.2, 0.25) is 5.02 Å². The molecule has 4 aromatic rings. The summed E-state index contributed by atoms with van der Waals surface area (Å²) in [5.41, 5.74) is 1.25. The minimum Gasteiger partial charge on any atom is -0.436 e. The van der Waals surface area contributed by atoms with Gasteiger partial charge in [0.05, 0.1) is 23.6 Å². The third-order valence-corrected chi connectivity index (χ3v) is 4.06. The highest BCUT2D eigenvalue weighted by Gasteiger charge is 2.10. The summed E-state index contributed by atoms with van der Waals surface area (Å²) in [5.74, 6) is 1.15. The molecule has 0 atom stereocenters. The Kier molecular flexibility index (Phi) is 5.03. The SMILES string of the molecule is O=C(Nc1cnc(Oc2cnc3ccccc3c2)c(Cl)c1)Oc1ccccc1. The van der Waals surface area contributed by atoms with Gasteiger partial charge in [-0.25, -0.2) is 9.78 Å². The summed E-state index contributed by atoms with van der Waals surface area (Å²) in [5, 5.41) is 3.75. The Hall–Kier alpha value is -3.64. The number of benzene rings is 2. The van der Waals surface area contributed by atoms with Gasteiger partial charge in [-0.1, -0.05) is 48.0 Å². The largest absolute Gasteiger partial charge is 0.436 e. The summed E-state index contributed by atoms with van der Waals surface area (Å²) in [4.78, 5) is 20.4. The van der Waals surface area contributed by atoms with Gasteiger partial charge in [-0.3, -0.25) is 10.3 Å². The fraction of sp³-hybridized carbons (Fsp3) is 0. The fourth-order valence-electron chi connectivity index (χ4n) is 2.53. The van der Waals surface area contributed by atoms with Crippen LogP contribution in [0.15, 0.2) is 79.1 Å². The van der Waals surface area contributed by atoms with E-state index in [1.807, 2.05) is 36.4 Å². The Morgan fingerprint density at radius 2 is 1.68 bits per heavy atom. The lowest BCUT2D eigenvalue weighted by atomic mass is 10.2. The van der Waals surface area contributed by atoms with E-state index in [0.717, 1.165) is 10.9 Å². The maximum absolute atomic E-state index is 11.9. The summed E-state index contributed by atoms with van der Waals surface area (Å²) in [6.07, 6.45) is 2.39. The average Bonchev–Trinajstić information content (AvgIpc) is 2.70. The lowest BCUT2D eigenvalue weighted by Gasteiger charge is -2.10. The molecule has 0 unspecified atom stereocenters. The Balaban J connectivity index is 1.45. The molecule has 28 heavy (non-hydrogen) atoms. The van der Waals surface area contributed by atoms with Crippen LogP contribution in [-0.4, -0.2) is 16.1 Å². The van der Waals surface area contributed by atoms with Crippen molar-refractivity contribution < 1.29 is 14.3 Å². The van der Waals surface area contributed by atoms with E-state index in [0.29, 0.717) is 17.2 Å². The van der Waals surface area contributed by atoms with E-state index < -0.39 is 6.09 Å². The molecular formula is C21H14ClN3O3. The van der Waals surface area contributed by atoms with Gasteiger partial charge in [-0.2, -0.15) is 0 Å². The average molecular weight is 392 g/mol. The molecule has 6 nitrogen and oxygen atoms in total. The van der Waals surface area contributed by atoms with E-state index in [2.05, 4.69) is 15.3 Å². The van der Waals surface area contributed by atoms with Crippen molar-refractivity contribution in [2.24, 2.45) is 0 Å². The van der Waals surface area contributed by atoms with E-state index in [9.17, 15) is 4.79 Å². The van der Waals surface area contributed by atoms with Gasteiger partial charge in [-0.05, 0) is 30.3 Å². The quantitative estimate of drug-likeness (QED) is 0.484. The van der Waals surface area contributed by atoms with E-state index in [-0.39, 0.29) is 10.9 Å². The van der Waals surface area contributed by atoms with Crippen molar-refractivity contribution in [3.8, 4) is 17.4 Å². The Labute approximate surface area is 165 Å². The Morgan fingerprint density at radius 1 is 0.893 bits per heavy atom. The van der Waals surface area contributed by atoms with Crippen LogP contribution >= 0.6 is 11.6 Å². The third kappa shape index (κ3) is 4.19. The lowest BCUT2D eigenvalue weighted by molar-refractivity contribution is 0.215. The number of hydrogen-bond donors (Lipinski definition) is 1. The molecule has 1 N–H and O–H groups in total. The second-order valence-corrected chi connectivity index (χ2v) is 6.21. The molecule has 0 fully saturated rings. The molecule has 0 aliphatic rings. The van der Waals surface area contributed by atoms with E-state index >= 15 is 0 Å². The molecule has 2 aromatic carbocycles. The molecule has 1 amide bonds. The number of amides is 1. The summed E-state index contributed by atoms with van der Waals surface area (Å²) in [6.45, 7) is 0. The second kappa shape index (κ2) is 7.94. The number of carbonyl (C=O) groups is 1. The van der Waals surface area contributed by atoms with E-state index in [1.54, 1.807) is 30.5 Å². The molecule has 0 saturated carbocycles. The van der Waals surface area contributed by atoms with Gasteiger partial charge in [0.15, 0.2) is 0 Å². The molecule has 0 aliphatic heterocycles. The molecule has 0 spiro atoms. The smallest absolute Gasteiger partial charge is 0.417 e. The monoisotopic (exact) mass is 391 g/mol. The number of carbonyl (C=O) groups excluding carboxylic acids is 1. The molecule has 0 saturated heterocycles. The minimum absolute atomic E-state index is 0.209. The fourth-order valence-corrected chi connectivity index (χ4v) is 2.73. The summed E-state index contributed by atoms with van der Waals surface area (Å²) < 4.78 is 10.9. The zero-order valence-electron chi connectivity index (χ0n) is 14.5. The van der Waals surface area contributed by atoms with Gasteiger partial charge in [0.25, 0.3) is 0 Å². The first-order valence-electron chi connectivity index (χ1n) is 8.39. The molecule has 0 bridgehead atoms. The van der Waals surface area contributed by atoms with Crippen LogP contribution in [0.5, 0.6) is 17.4 Å². The number of fused-ring (bicyclic) bond motifs is 1. The van der Waals surface area contributed by atoms with Crippen LogP contribution in [0.1, 0.15) is 0 Å². The van der Waals surface area contributed by atoms with Crippen LogP contribution in [0.4, 0.5) is 10.5 Å². The highest BCUT2D eigenvalue weighted by Crippen LogP contribution is 2.30. The van der Waals surface area contributed by atoms with Gasteiger partial charge < -0.3 is 9.47 Å². The molecule has 2 aromatic heterocycles. The standard InChI is InChI=1S/C21H14ClN3O3/c22-18-11-15(25-21(26)28-16-7-2-1-3-8-16)12-24-20(18)27-17-10-14-6-4-5-9-19(14)23-13-17/h1-13H,(H,25,26). The molecule has 0 aliphatic carbocycles. The summed E-state index contributed by atoms with van der Waals surface area (Å²) in [7, 11) is 0. The number of pyridine rings is 2. The van der Waals surface area contributed by atoms with Crippen molar-refractivity contribution in [3.63, 3.8) is 0 Å². The van der Waals surface area contributed by atoms with Gasteiger partial charge >= 0.3 is 6.09 Å². The van der Waals surface area contributed by atoms with Gasteiger partial charge in [-0.15, -0.1) is 0 Å². The number of anilines is 1. The van der Waals surface area contributed by atoms with Gasteiger partial charge in [0, 0.05) is 5.39 Å². The molecule has 7 heteroatoms. The number of aromatic nitrogens is 2. The number of hydrogen-bond acceptors (Lipinski definition) is 5. The van der Waals surface area contributed by atoms with Crippen molar-refractivity contribution in [2.75, 3.05) is 5.32 Å². The van der Waals surface area contributed by atoms with Crippen molar-refractivity contribution >= 4 is 34.3 Å². The Bertz CT molecular complexity index is 1140. The first-order valence-corrected chi connectivity index (χ1v) is 8.77. The Morgan fingerprint density at radius 3 is 2.50 bits per heavy atom. The molecule has 138 valence electrons. The number of para-hydroxylation sites is 2. The van der Waals surface area contributed by atoms with E-state index in [1.165, 1.54) is 12.3 Å². The lowest BCUT2D eigenvalue weighted by Crippen LogP contribution is -2.16. The van der Waals surface area contributed by atoms with Crippen molar-refractivity contribution in [2.45, 2.75) is 0 Å². The first kappa shape index (κ1) is 17.8. The normalized spacial score (nSPS) is 10.5.